The third-order valence-corrected chi connectivity index (χ3v) is 2.64. The van der Waals surface area contributed by atoms with Crippen LogP contribution in [0.25, 0.3) is 0 Å². The third-order valence-electron chi connectivity index (χ3n) is 2.41. The lowest BCUT2D eigenvalue weighted by Gasteiger charge is -2.12. The van der Waals surface area contributed by atoms with Crippen LogP contribution in [-0.2, 0) is 0 Å². The summed E-state index contributed by atoms with van der Waals surface area (Å²) in [5.74, 6) is 6.92. The van der Waals surface area contributed by atoms with E-state index in [-0.39, 0.29) is 0 Å². The zero-order valence-electron chi connectivity index (χ0n) is 10.6. The Bertz CT molecular complexity index is 590. The molecule has 0 radical (unpaired) electrons. The summed E-state index contributed by atoms with van der Waals surface area (Å²) in [6, 6.07) is 7.08. The van der Waals surface area contributed by atoms with Gasteiger partial charge in [0, 0.05) is 16.8 Å². The van der Waals surface area contributed by atoms with Crippen LogP contribution in [0.4, 0.5) is 17.5 Å². The van der Waals surface area contributed by atoms with Crippen LogP contribution in [0.5, 0.6) is 5.75 Å². The fraction of sp³-hybridized carbons (Fsp3) is 0.167. The highest BCUT2D eigenvalue weighted by Gasteiger charge is 2.07. The Morgan fingerprint density at radius 3 is 2.74 bits per heavy atom. The van der Waals surface area contributed by atoms with Crippen molar-refractivity contribution in [2.75, 3.05) is 17.9 Å². The molecule has 0 fully saturated rings. The lowest BCUT2D eigenvalue weighted by Crippen LogP contribution is -2.12. The second kappa shape index (κ2) is 5.73. The Labute approximate surface area is 115 Å². The van der Waals surface area contributed by atoms with Crippen molar-refractivity contribution >= 4 is 29.1 Å². The first-order chi connectivity index (χ1) is 9.12. The topological polar surface area (TPSA) is 85.1 Å². The van der Waals surface area contributed by atoms with Gasteiger partial charge in [-0.2, -0.15) is 4.98 Å². The molecule has 0 saturated carbocycles. The minimum Gasteiger partial charge on any atom is -0.495 e. The van der Waals surface area contributed by atoms with Crippen LogP contribution < -0.4 is 21.3 Å². The molecule has 0 saturated heterocycles. The SMILES string of the molecule is COc1ccc(Cl)cc1Nc1cc(C)nc(NN)n1. The molecule has 6 nitrogen and oxygen atoms in total. The van der Waals surface area contributed by atoms with E-state index in [0.717, 1.165) is 11.4 Å². The zero-order chi connectivity index (χ0) is 13.8. The van der Waals surface area contributed by atoms with Crippen molar-refractivity contribution in [3.05, 3.63) is 35.0 Å². The maximum Gasteiger partial charge on any atom is 0.239 e. The third kappa shape index (κ3) is 3.24. The molecule has 0 amide bonds. The number of hydrogen-bond acceptors (Lipinski definition) is 6. The Morgan fingerprint density at radius 2 is 2.05 bits per heavy atom. The largest absolute Gasteiger partial charge is 0.495 e. The van der Waals surface area contributed by atoms with E-state index in [1.54, 1.807) is 31.4 Å². The lowest BCUT2D eigenvalue weighted by molar-refractivity contribution is 0.417. The van der Waals surface area contributed by atoms with Gasteiger partial charge in [-0.05, 0) is 25.1 Å². The molecular formula is C12H14ClN5O. The number of hydrazine groups is 1. The molecule has 0 atom stereocenters. The van der Waals surface area contributed by atoms with E-state index < -0.39 is 0 Å². The molecule has 0 spiro atoms. The molecule has 4 N–H and O–H groups in total. The first-order valence-corrected chi connectivity index (χ1v) is 5.93. The van der Waals surface area contributed by atoms with E-state index >= 15 is 0 Å². The zero-order valence-corrected chi connectivity index (χ0v) is 11.3. The molecule has 0 aliphatic carbocycles. The van der Waals surface area contributed by atoms with Gasteiger partial charge in [0.25, 0.3) is 0 Å². The van der Waals surface area contributed by atoms with Crippen molar-refractivity contribution in [1.82, 2.24) is 9.97 Å². The van der Waals surface area contributed by atoms with Crippen molar-refractivity contribution in [2.24, 2.45) is 5.84 Å². The van der Waals surface area contributed by atoms with Gasteiger partial charge in [-0.25, -0.2) is 10.8 Å². The highest BCUT2D eigenvalue weighted by Crippen LogP contribution is 2.30. The Balaban J connectivity index is 2.35. The van der Waals surface area contributed by atoms with Gasteiger partial charge in [0.2, 0.25) is 5.95 Å². The summed E-state index contributed by atoms with van der Waals surface area (Å²) < 4.78 is 5.25. The molecule has 0 aliphatic heterocycles. The molecular weight excluding hydrogens is 266 g/mol. The molecule has 0 unspecified atom stereocenters. The number of nitrogen functional groups attached to an aromatic ring is 1. The molecule has 1 aromatic heterocycles. The van der Waals surface area contributed by atoms with Crippen molar-refractivity contribution in [3.63, 3.8) is 0 Å². The molecule has 2 aromatic rings. The lowest BCUT2D eigenvalue weighted by atomic mass is 10.3. The predicted molar refractivity (Wildman–Crippen MR) is 75.9 cm³/mol. The second-order valence-electron chi connectivity index (χ2n) is 3.83. The predicted octanol–water partition coefficient (Wildman–Crippen LogP) is 2.48. The maximum atomic E-state index is 5.97. The first-order valence-electron chi connectivity index (χ1n) is 5.55. The summed E-state index contributed by atoms with van der Waals surface area (Å²) in [6.45, 7) is 1.85. The number of aromatic nitrogens is 2. The van der Waals surface area contributed by atoms with Crippen LogP contribution in [0.15, 0.2) is 24.3 Å². The summed E-state index contributed by atoms with van der Waals surface area (Å²) in [5, 5.41) is 3.73. The van der Waals surface area contributed by atoms with Crippen LogP contribution in [0.1, 0.15) is 5.69 Å². The summed E-state index contributed by atoms with van der Waals surface area (Å²) in [5.41, 5.74) is 3.92. The summed E-state index contributed by atoms with van der Waals surface area (Å²) in [6.07, 6.45) is 0. The average Bonchev–Trinajstić information content (AvgIpc) is 2.38. The van der Waals surface area contributed by atoms with Gasteiger partial charge in [-0.3, -0.25) is 5.43 Å². The van der Waals surface area contributed by atoms with Crippen LogP contribution in [0, 0.1) is 6.92 Å². The number of nitrogens with two attached hydrogens (primary N) is 1. The van der Waals surface area contributed by atoms with Crippen molar-refractivity contribution in [3.8, 4) is 5.75 Å². The molecule has 7 heteroatoms. The van der Waals surface area contributed by atoms with E-state index in [2.05, 4.69) is 20.7 Å². The number of nitrogens with zero attached hydrogens (tertiary/aromatic N) is 2. The summed E-state index contributed by atoms with van der Waals surface area (Å²) >= 11 is 5.97. The number of nitrogens with one attached hydrogen (secondary N) is 2. The number of methoxy groups -OCH3 is 1. The second-order valence-corrected chi connectivity index (χ2v) is 4.27. The fourth-order valence-electron chi connectivity index (χ4n) is 1.61. The van der Waals surface area contributed by atoms with Gasteiger partial charge in [0.05, 0.1) is 12.8 Å². The van der Waals surface area contributed by atoms with Gasteiger partial charge in [-0.1, -0.05) is 11.6 Å². The number of anilines is 3. The number of halogens is 1. The smallest absolute Gasteiger partial charge is 0.239 e. The van der Waals surface area contributed by atoms with Crippen molar-refractivity contribution < 1.29 is 4.74 Å². The van der Waals surface area contributed by atoms with Gasteiger partial charge in [0.15, 0.2) is 0 Å². The Morgan fingerprint density at radius 1 is 1.26 bits per heavy atom. The Hall–Kier alpha value is -2.05. The highest BCUT2D eigenvalue weighted by molar-refractivity contribution is 6.31. The fourth-order valence-corrected chi connectivity index (χ4v) is 1.79. The van der Waals surface area contributed by atoms with Gasteiger partial charge >= 0.3 is 0 Å². The number of hydrogen-bond donors (Lipinski definition) is 3. The molecule has 2 rings (SSSR count). The normalized spacial score (nSPS) is 10.1. The maximum absolute atomic E-state index is 5.97. The minimum absolute atomic E-state index is 0.337. The average molecular weight is 280 g/mol. The summed E-state index contributed by atoms with van der Waals surface area (Å²) in [7, 11) is 1.59. The monoisotopic (exact) mass is 279 g/mol. The molecule has 0 aliphatic rings. The molecule has 0 bridgehead atoms. The van der Waals surface area contributed by atoms with Gasteiger partial charge in [-0.15, -0.1) is 0 Å². The van der Waals surface area contributed by atoms with E-state index in [1.165, 1.54) is 0 Å². The first kappa shape index (κ1) is 13.4. The molecule has 19 heavy (non-hydrogen) atoms. The summed E-state index contributed by atoms with van der Waals surface area (Å²) in [4.78, 5) is 8.31. The van der Waals surface area contributed by atoms with Crippen molar-refractivity contribution in [2.45, 2.75) is 6.92 Å². The van der Waals surface area contributed by atoms with E-state index in [0.29, 0.717) is 22.5 Å². The van der Waals surface area contributed by atoms with Crippen LogP contribution in [0.3, 0.4) is 0 Å². The Kier molecular flexibility index (Phi) is 4.03. The number of aryl methyl sites for hydroxylation is 1. The van der Waals surface area contributed by atoms with Crippen LogP contribution >= 0.6 is 11.6 Å². The molecule has 1 heterocycles. The molecule has 100 valence electrons. The van der Waals surface area contributed by atoms with Gasteiger partial charge in [0.1, 0.15) is 11.6 Å². The van der Waals surface area contributed by atoms with Gasteiger partial charge < -0.3 is 10.1 Å². The van der Waals surface area contributed by atoms with E-state index in [4.69, 9.17) is 22.2 Å². The quantitative estimate of drug-likeness (QED) is 0.589. The minimum atomic E-state index is 0.337. The van der Waals surface area contributed by atoms with E-state index in [1.807, 2.05) is 6.92 Å². The molecule has 1 aromatic carbocycles. The van der Waals surface area contributed by atoms with Crippen LogP contribution in [-0.4, -0.2) is 17.1 Å². The number of benzene rings is 1. The van der Waals surface area contributed by atoms with Crippen LogP contribution in [0.2, 0.25) is 5.02 Å². The number of ether oxygens (including phenoxy) is 1. The van der Waals surface area contributed by atoms with Crippen molar-refractivity contribution in [1.29, 1.82) is 0 Å². The standard InChI is InChI=1S/C12H14ClN5O/c1-7-5-11(17-12(15-7)18-14)16-9-6-8(13)3-4-10(9)19-2/h3-6H,14H2,1-2H3,(H2,15,16,17,18). The number of rotatable bonds is 4. The highest BCUT2D eigenvalue weighted by atomic mass is 35.5. The van der Waals surface area contributed by atoms with E-state index in [9.17, 15) is 0 Å².